The van der Waals surface area contributed by atoms with Gasteiger partial charge in [-0.1, -0.05) is 19.1 Å². The lowest BCUT2D eigenvalue weighted by Gasteiger charge is -2.42. The minimum atomic E-state index is 0.0269. The third kappa shape index (κ3) is 3.15. The van der Waals surface area contributed by atoms with Gasteiger partial charge in [-0.15, -0.1) is 0 Å². The topological polar surface area (TPSA) is 47.3 Å². The van der Waals surface area contributed by atoms with Crippen LogP contribution in [0.25, 0.3) is 0 Å². The van der Waals surface area contributed by atoms with Gasteiger partial charge >= 0.3 is 0 Å². The van der Waals surface area contributed by atoms with E-state index in [0.29, 0.717) is 11.6 Å². The molecule has 0 saturated carbocycles. The molecule has 0 amide bonds. The molecule has 0 radical (unpaired) electrons. The molecule has 1 aliphatic rings. The van der Waals surface area contributed by atoms with E-state index in [-0.39, 0.29) is 12.0 Å². The highest BCUT2D eigenvalue weighted by atomic mass is 16.3. The van der Waals surface area contributed by atoms with Gasteiger partial charge in [0.2, 0.25) is 0 Å². The van der Waals surface area contributed by atoms with E-state index < -0.39 is 0 Å². The maximum atomic E-state index is 9.53. The molecule has 1 aliphatic heterocycles. The third-order valence-electron chi connectivity index (χ3n) is 4.26. The van der Waals surface area contributed by atoms with Gasteiger partial charge in [0.15, 0.2) is 0 Å². The number of piperidine rings is 1. The summed E-state index contributed by atoms with van der Waals surface area (Å²) in [4.78, 5) is 2.43. The molecule has 1 fully saturated rings. The molecule has 102 valence electrons. The van der Waals surface area contributed by atoms with E-state index in [2.05, 4.69) is 24.8 Å². The van der Waals surface area contributed by atoms with Crippen LogP contribution in [0, 0.1) is 16.7 Å². The summed E-state index contributed by atoms with van der Waals surface area (Å²) in [7, 11) is 0. The standard InChI is InChI=1S/C16H22N2O/c1-13(15-6-4-14(10-17)5-7-15)18-9-3-8-16(2,11-18)12-19/h4-7,13,19H,3,8-9,11-12H2,1-2H3. The average molecular weight is 258 g/mol. The molecule has 1 heterocycles. The number of likely N-dealkylation sites (tertiary alicyclic amines) is 1. The van der Waals surface area contributed by atoms with Gasteiger partial charge in [-0.25, -0.2) is 0 Å². The van der Waals surface area contributed by atoms with Crippen molar-refractivity contribution in [3.8, 4) is 6.07 Å². The van der Waals surface area contributed by atoms with Crippen molar-refractivity contribution in [1.82, 2.24) is 4.90 Å². The first-order chi connectivity index (χ1) is 9.08. The Labute approximate surface area is 115 Å². The Morgan fingerprint density at radius 3 is 2.68 bits per heavy atom. The average Bonchev–Trinajstić information content (AvgIpc) is 2.46. The van der Waals surface area contributed by atoms with E-state index in [9.17, 15) is 5.11 Å². The van der Waals surface area contributed by atoms with Gasteiger partial charge in [0.05, 0.1) is 11.6 Å². The number of aliphatic hydroxyl groups excluding tert-OH is 1. The number of benzene rings is 1. The third-order valence-corrected chi connectivity index (χ3v) is 4.26. The van der Waals surface area contributed by atoms with Gasteiger partial charge in [-0.05, 0) is 44.0 Å². The zero-order valence-corrected chi connectivity index (χ0v) is 11.8. The summed E-state index contributed by atoms with van der Waals surface area (Å²) < 4.78 is 0. The Kier molecular flexibility index (Phi) is 4.24. The number of nitriles is 1. The van der Waals surface area contributed by atoms with E-state index >= 15 is 0 Å². The Hall–Kier alpha value is -1.37. The molecule has 1 aromatic carbocycles. The predicted octanol–water partition coefficient (Wildman–Crippen LogP) is 2.71. The first kappa shape index (κ1) is 14.0. The molecule has 3 nitrogen and oxygen atoms in total. The van der Waals surface area contributed by atoms with E-state index in [1.807, 2.05) is 24.3 Å². The zero-order valence-electron chi connectivity index (χ0n) is 11.8. The minimum absolute atomic E-state index is 0.0269. The van der Waals surface area contributed by atoms with Crippen molar-refractivity contribution in [3.63, 3.8) is 0 Å². The quantitative estimate of drug-likeness (QED) is 0.906. The highest BCUT2D eigenvalue weighted by Crippen LogP contribution is 2.33. The molecule has 2 rings (SSSR count). The molecule has 0 aliphatic carbocycles. The van der Waals surface area contributed by atoms with Crippen LogP contribution in [0.3, 0.4) is 0 Å². The number of aliphatic hydroxyl groups is 1. The number of hydrogen-bond donors (Lipinski definition) is 1. The van der Waals surface area contributed by atoms with Crippen molar-refractivity contribution >= 4 is 0 Å². The molecule has 1 saturated heterocycles. The van der Waals surface area contributed by atoms with Crippen LogP contribution in [0.5, 0.6) is 0 Å². The molecule has 1 aromatic rings. The van der Waals surface area contributed by atoms with Gasteiger partial charge in [0.25, 0.3) is 0 Å². The van der Waals surface area contributed by atoms with Gasteiger partial charge in [0.1, 0.15) is 0 Å². The summed E-state index contributed by atoms with van der Waals surface area (Å²) in [6.07, 6.45) is 2.23. The summed E-state index contributed by atoms with van der Waals surface area (Å²) in [5, 5.41) is 18.4. The number of rotatable bonds is 3. The van der Waals surface area contributed by atoms with Crippen molar-refractivity contribution in [1.29, 1.82) is 5.26 Å². The summed E-state index contributed by atoms with van der Waals surface area (Å²) in [6, 6.07) is 10.3. The molecule has 3 heteroatoms. The van der Waals surface area contributed by atoms with Crippen LogP contribution < -0.4 is 0 Å². The predicted molar refractivity (Wildman–Crippen MR) is 75.6 cm³/mol. The maximum Gasteiger partial charge on any atom is 0.0991 e. The van der Waals surface area contributed by atoms with Crippen LogP contribution in [0.2, 0.25) is 0 Å². The van der Waals surface area contributed by atoms with Crippen LogP contribution in [-0.4, -0.2) is 29.7 Å². The van der Waals surface area contributed by atoms with Crippen LogP contribution in [0.1, 0.15) is 43.9 Å². The van der Waals surface area contributed by atoms with Crippen molar-refractivity contribution < 1.29 is 5.11 Å². The van der Waals surface area contributed by atoms with Crippen molar-refractivity contribution in [2.45, 2.75) is 32.7 Å². The summed E-state index contributed by atoms with van der Waals surface area (Å²) in [6.45, 7) is 6.63. The van der Waals surface area contributed by atoms with E-state index in [4.69, 9.17) is 5.26 Å². The molecule has 2 unspecified atom stereocenters. The van der Waals surface area contributed by atoms with E-state index in [1.54, 1.807) is 0 Å². The summed E-state index contributed by atoms with van der Waals surface area (Å²) in [5.74, 6) is 0. The molecule has 1 N–H and O–H groups in total. The second kappa shape index (κ2) is 5.73. The lowest BCUT2D eigenvalue weighted by atomic mass is 9.82. The minimum Gasteiger partial charge on any atom is -0.396 e. The summed E-state index contributed by atoms with van der Waals surface area (Å²) in [5.41, 5.74) is 1.97. The molecular weight excluding hydrogens is 236 g/mol. The normalized spacial score (nSPS) is 25.8. The van der Waals surface area contributed by atoms with Crippen molar-refractivity contribution in [2.75, 3.05) is 19.7 Å². The Bertz CT molecular complexity index is 463. The SMILES string of the molecule is CC(c1ccc(C#N)cc1)N1CCCC(C)(CO)C1. The van der Waals surface area contributed by atoms with Gasteiger partial charge < -0.3 is 5.11 Å². The van der Waals surface area contributed by atoms with Crippen LogP contribution in [-0.2, 0) is 0 Å². The van der Waals surface area contributed by atoms with Crippen molar-refractivity contribution in [3.05, 3.63) is 35.4 Å². The monoisotopic (exact) mass is 258 g/mol. The first-order valence-electron chi connectivity index (χ1n) is 6.93. The van der Waals surface area contributed by atoms with E-state index in [0.717, 1.165) is 25.9 Å². The lowest BCUT2D eigenvalue weighted by Crippen LogP contribution is -2.44. The molecule has 0 spiro atoms. The van der Waals surface area contributed by atoms with Crippen LogP contribution >= 0.6 is 0 Å². The molecule has 0 bridgehead atoms. The first-order valence-corrected chi connectivity index (χ1v) is 6.93. The summed E-state index contributed by atoms with van der Waals surface area (Å²) >= 11 is 0. The van der Waals surface area contributed by atoms with Gasteiger partial charge in [0, 0.05) is 24.6 Å². The maximum absolute atomic E-state index is 9.53. The molecule has 19 heavy (non-hydrogen) atoms. The van der Waals surface area contributed by atoms with Crippen LogP contribution in [0.15, 0.2) is 24.3 Å². The molecule has 0 aromatic heterocycles. The van der Waals surface area contributed by atoms with Crippen LogP contribution in [0.4, 0.5) is 0 Å². The Morgan fingerprint density at radius 1 is 1.42 bits per heavy atom. The zero-order chi connectivity index (χ0) is 13.9. The van der Waals surface area contributed by atoms with Crippen molar-refractivity contribution in [2.24, 2.45) is 5.41 Å². The fraction of sp³-hybridized carbons (Fsp3) is 0.562. The lowest BCUT2D eigenvalue weighted by molar-refractivity contribution is 0.0281. The largest absolute Gasteiger partial charge is 0.396 e. The fourth-order valence-corrected chi connectivity index (χ4v) is 2.86. The Morgan fingerprint density at radius 2 is 2.11 bits per heavy atom. The van der Waals surface area contributed by atoms with Gasteiger partial charge in [-0.3, -0.25) is 4.90 Å². The highest BCUT2D eigenvalue weighted by Gasteiger charge is 2.32. The van der Waals surface area contributed by atoms with Gasteiger partial charge in [-0.2, -0.15) is 5.26 Å². The molecular formula is C16H22N2O. The second-order valence-corrected chi connectivity index (χ2v) is 5.95. The second-order valence-electron chi connectivity index (χ2n) is 5.95. The smallest absolute Gasteiger partial charge is 0.0991 e. The van der Waals surface area contributed by atoms with E-state index in [1.165, 1.54) is 5.56 Å². The Balaban J connectivity index is 2.10. The highest BCUT2D eigenvalue weighted by molar-refractivity contribution is 5.32. The fourth-order valence-electron chi connectivity index (χ4n) is 2.86. The number of hydrogen-bond acceptors (Lipinski definition) is 3. The molecule has 2 atom stereocenters. The number of nitrogens with zero attached hydrogens (tertiary/aromatic N) is 2.